The number of benzene rings is 1. The number of hydrogen-bond donors (Lipinski definition) is 0. The number of halogens is 4. The van der Waals surface area contributed by atoms with Gasteiger partial charge in [0.15, 0.2) is 0 Å². The number of rotatable bonds is 7. The van der Waals surface area contributed by atoms with E-state index >= 15 is 0 Å². The Morgan fingerprint density at radius 1 is 1.29 bits per heavy atom. The lowest BCUT2D eigenvalue weighted by molar-refractivity contribution is -0.139. The number of alkyl halides is 3. The van der Waals surface area contributed by atoms with E-state index in [2.05, 4.69) is 0 Å². The topological polar surface area (TPSA) is 43.4 Å². The van der Waals surface area contributed by atoms with Gasteiger partial charge < -0.3 is 4.74 Å². The monoisotopic (exact) mass is 344 g/mol. The molecule has 0 radical (unpaired) electrons. The van der Waals surface area contributed by atoms with Crippen LogP contribution in [0.25, 0.3) is 0 Å². The van der Waals surface area contributed by atoms with E-state index < -0.39 is 26.7 Å². The van der Waals surface area contributed by atoms with Crippen molar-refractivity contribution in [1.82, 2.24) is 0 Å². The average Bonchev–Trinajstić information content (AvgIpc) is 2.34. The fourth-order valence-corrected chi connectivity index (χ4v) is 3.30. The molecular weight excluding hydrogens is 329 g/mol. The molecule has 0 spiro atoms. The molecule has 0 heterocycles. The van der Waals surface area contributed by atoms with Crippen molar-refractivity contribution in [3.05, 3.63) is 29.8 Å². The molecule has 1 rings (SSSR count). The zero-order valence-electron chi connectivity index (χ0n) is 11.4. The summed E-state index contributed by atoms with van der Waals surface area (Å²) in [6.45, 7) is 1.71. The van der Waals surface area contributed by atoms with Crippen LogP contribution in [0.5, 0.6) is 5.75 Å². The fourth-order valence-electron chi connectivity index (χ4n) is 1.94. The number of hydrogen-bond acceptors (Lipinski definition) is 3. The van der Waals surface area contributed by atoms with Crippen molar-refractivity contribution in [3.8, 4) is 5.75 Å². The highest BCUT2D eigenvalue weighted by Gasteiger charge is 2.34. The third-order valence-electron chi connectivity index (χ3n) is 2.80. The third kappa shape index (κ3) is 6.56. The number of ether oxygens (including phenoxy) is 1. The predicted molar refractivity (Wildman–Crippen MR) is 75.0 cm³/mol. The van der Waals surface area contributed by atoms with Crippen molar-refractivity contribution in [1.29, 1.82) is 0 Å². The van der Waals surface area contributed by atoms with E-state index in [4.69, 9.17) is 15.4 Å². The molecule has 0 saturated heterocycles. The molecule has 0 aliphatic carbocycles. The van der Waals surface area contributed by atoms with Crippen LogP contribution in [0.4, 0.5) is 13.2 Å². The van der Waals surface area contributed by atoms with Gasteiger partial charge in [-0.2, -0.15) is 13.2 Å². The first-order valence-corrected chi connectivity index (χ1v) is 8.82. The Balaban J connectivity index is 2.81. The minimum absolute atomic E-state index is 0.132. The average molecular weight is 345 g/mol. The maximum atomic E-state index is 12.8. The first-order valence-electron chi connectivity index (χ1n) is 6.35. The zero-order valence-corrected chi connectivity index (χ0v) is 12.9. The van der Waals surface area contributed by atoms with E-state index in [9.17, 15) is 21.6 Å². The van der Waals surface area contributed by atoms with Crippen LogP contribution in [0, 0.1) is 5.92 Å². The molecule has 3 nitrogen and oxygen atoms in total. The van der Waals surface area contributed by atoms with Gasteiger partial charge in [0, 0.05) is 16.6 Å². The zero-order chi connectivity index (χ0) is 16.1. The molecule has 8 heteroatoms. The lowest BCUT2D eigenvalue weighted by atomic mass is 10.1. The minimum Gasteiger partial charge on any atom is -0.493 e. The molecule has 0 aliphatic heterocycles. The van der Waals surface area contributed by atoms with Gasteiger partial charge >= 0.3 is 6.18 Å². The molecule has 0 amide bonds. The summed E-state index contributed by atoms with van der Waals surface area (Å²) >= 11 is 0. The standard InChI is InChI=1S/C13H16ClF3O3S/c1-2-5-10(9-21(14,18)19)8-20-12-7-4-3-6-11(12)13(15,16)17/h3-4,6-7,10H,2,5,8-9H2,1H3. The maximum absolute atomic E-state index is 12.8. The molecule has 1 unspecified atom stereocenters. The van der Waals surface area contributed by atoms with E-state index in [-0.39, 0.29) is 18.1 Å². The highest BCUT2D eigenvalue weighted by molar-refractivity contribution is 8.13. The van der Waals surface area contributed by atoms with Gasteiger partial charge in [0.05, 0.1) is 17.9 Å². The normalized spacial score (nSPS) is 14.0. The van der Waals surface area contributed by atoms with Crippen molar-refractivity contribution in [2.45, 2.75) is 25.9 Å². The lowest BCUT2D eigenvalue weighted by Gasteiger charge is -2.18. The van der Waals surface area contributed by atoms with Crippen molar-refractivity contribution < 1.29 is 26.3 Å². The first kappa shape index (κ1) is 18.1. The van der Waals surface area contributed by atoms with Gasteiger partial charge in [-0.25, -0.2) is 8.42 Å². The minimum atomic E-state index is -4.52. The second-order valence-electron chi connectivity index (χ2n) is 4.67. The maximum Gasteiger partial charge on any atom is 0.419 e. The van der Waals surface area contributed by atoms with Crippen LogP contribution in [-0.4, -0.2) is 20.8 Å². The number of para-hydroxylation sites is 1. The second kappa shape index (κ2) is 7.35. The van der Waals surface area contributed by atoms with Crippen molar-refractivity contribution in [3.63, 3.8) is 0 Å². The molecular formula is C13H16ClF3O3S. The fraction of sp³-hybridized carbons (Fsp3) is 0.538. The molecule has 1 aromatic carbocycles. The van der Waals surface area contributed by atoms with Gasteiger partial charge in [0.2, 0.25) is 9.05 Å². The molecule has 120 valence electrons. The van der Waals surface area contributed by atoms with Crippen molar-refractivity contribution >= 4 is 19.7 Å². The lowest BCUT2D eigenvalue weighted by Crippen LogP contribution is -2.20. The van der Waals surface area contributed by atoms with Gasteiger partial charge in [-0.3, -0.25) is 0 Å². The van der Waals surface area contributed by atoms with Crippen LogP contribution in [-0.2, 0) is 15.2 Å². The Morgan fingerprint density at radius 2 is 1.90 bits per heavy atom. The Morgan fingerprint density at radius 3 is 2.43 bits per heavy atom. The van der Waals surface area contributed by atoms with E-state index in [0.717, 1.165) is 6.07 Å². The molecule has 0 saturated carbocycles. The van der Waals surface area contributed by atoms with Crippen LogP contribution in [0.1, 0.15) is 25.3 Å². The Bertz CT molecular complexity index is 558. The van der Waals surface area contributed by atoms with Gasteiger partial charge in [0.1, 0.15) is 5.75 Å². The highest BCUT2D eigenvalue weighted by Crippen LogP contribution is 2.36. The summed E-state index contributed by atoms with van der Waals surface area (Å²) in [5, 5.41) is 0. The summed E-state index contributed by atoms with van der Waals surface area (Å²) in [7, 11) is 1.47. The third-order valence-corrected chi connectivity index (χ3v) is 4.05. The van der Waals surface area contributed by atoms with Crippen LogP contribution in [0.3, 0.4) is 0 Å². The van der Waals surface area contributed by atoms with Crippen LogP contribution < -0.4 is 4.74 Å². The molecule has 0 aliphatic rings. The van der Waals surface area contributed by atoms with Gasteiger partial charge in [-0.15, -0.1) is 0 Å². The van der Waals surface area contributed by atoms with Crippen LogP contribution in [0.15, 0.2) is 24.3 Å². The summed E-state index contributed by atoms with van der Waals surface area (Å²) in [6, 6.07) is 4.82. The summed E-state index contributed by atoms with van der Waals surface area (Å²) in [5.74, 6) is -1.08. The van der Waals surface area contributed by atoms with Crippen LogP contribution >= 0.6 is 10.7 Å². The molecule has 1 atom stereocenters. The highest BCUT2D eigenvalue weighted by atomic mass is 35.7. The molecule has 0 fully saturated rings. The predicted octanol–water partition coefficient (Wildman–Crippen LogP) is 4.07. The van der Waals surface area contributed by atoms with Crippen molar-refractivity contribution in [2.24, 2.45) is 5.92 Å². The summed E-state index contributed by atoms with van der Waals surface area (Å²) < 4.78 is 65.7. The molecule has 0 N–H and O–H groups in total. The van der Waals surface area contributed by atoms with E-state index in [0.29, 0.717) is 12.8 Å². The van der Waals surface area contributed by atoms with Gasteiger partial charge in [0.25, 0.3) is 0 Å². The largest absolute Gasteiger partial charge is 0.493 e. The summed E-state index contributed by atoms with van der Waals surface area (Å²) in [6.07, 6.45) is -3.34. The smallest absolute Gasteiger partial charge is 0.419 e. The van der Waals surface area contributed by atoms with Crippen LogP contribution in [0.2, 0.25) is 0 Å². The molecule has 1 aromatic rings. The Kier molecular flexibility index (Phi) is 6.34. The van der Waals surface area contributed by atoms with Gasteiger partial charge in [-0.05, 0) is 18.6 Å². The summed E-state index contributed by atoms with van der Waals surface area (Å²) in [4.78, 5) is 0. The van der Waals surface area contributed by atoms with Crippen molar-refractivity contribution in [2.75, 3.05) is 12.4 Å². The van der Waals surface area contributed by atoms with E-state index in [1.165, 1.54) is 18.2 Å². The SMILES string of the molecule is CCCC(COc1ccccc1C(F)(F)F)CS(=O)(=O)Cl. The Hall–Kier alpha value is -0.950. The summed E-state index contributed by atoms with van der Waals surface area (Å²) in [5.41, 5.74) is -0.881. The first-order chi connectivity index (χ1) is 9.63. The van der Waals surface area contributed by atoms with E-state index in [1.807, 2.05) is 6.92 Å². The molecule has 0 bridgehead atoms. The quantitative estimate of drug-likeness (QED) is 0.700. The molecule has 0 aromatic heterocycles. The molecule has 21 heavy (non-hydrogen) atoms. The Labute approximate surface area is 126 Å². The second-order valence-corrected chi connectivity index (χ2v) is 7.49. The van der Waals surface area contributed by atoms with Gasteiger partial charge in [-0.1, -0.05) is 25.5 Å². The van der Waals surface area contributed by atoms with E-state index in [1.54, 1.807) is 0 Å².